The van der Waals surface area contributed by atoms with Gasteiger partial charge in [-0.1, -0.05) is 72.1 Å². The van der Waals surface area contributed by atoms with Crippen molar-refractivity contribution < 1.29 is 0 Å². The fourth-order valence-corrected chi connectivity index (χ4v) is 2.33. The molecule has 1 heteroatoms. The van der Waals surface area contributed by atoms with Gasteiger partial charge in [-0.05, 0) is 25.8 Å². The summed E-state index contributed by atoms with van der Waals surface area (Å²) in [6.07, 6.45) is 15.3. The molecule has 0 fully saturated rings. The second kappa shape index (κ2) is 14.0. The third-order valence-electron chi connectivity index (χ3n) is 3.50. The van der Waals surface area contributed by atoms with Crippen molar-refractivity contribution in [3.8, 4) is 0 Å². The summed E-state index contributed by atoms with van der Waals surface area (Å²) in [4.78, 5) is 0. The fraction of sp³-hybridized carbons (Fsp3) is 1.00. The van der Waals surface area contributed by atoms with Crippen LogP contribution in [-0.4, -0.2) is 12.6 Å². The van der Waals surface area contributed by atoms with Crippen LogP contribution in [0.5, 0.6) is 0 Å². The van der Waals surface area contributed by atoms with Crippen molar-refractivity contribution in [2.45, 2.75) is 97.4 Å². The Balaban J connectivity index is 3.53. The molecule has 1 N–H and O–H groups in total. The fourth-order valence-electron chi connectivity index (χ4n) is 2.33. The first-order valence-electron chi connectivity index (χ1n) is 8.08. The average Bonchev–Trinajstić information content (AvgIpc) is 2.35. The van der Waals surface area contributed by atoms with Crippen LogP contribution in [0.3, 0.4) is 0 Å². The molecule has 0 saturated carbocycles. The molecule has 0 aromatic rings. The summed E-state index contributed by atoms with van der Waals surface area (Å²) in [7, 11) is 0. The number of unbranched alkanes of at least 4 members (excludes halogenated alkanes) is 6. The zero-order valence-electron chi connectivity index (χ0n) is 12.6. The molecule has 0 aliphatic rings. The lowest BCUT2D eigenvalue weighted by molar-refractivity contribution is 0.416. The van der Waals surface area contributed by atoms with Crippen LogP contribution in [-0.2, 0) is 0 Å². The summed E-state index contributed by atoms with van der Waals surface area (Å²) in [5, 5.41) is 3.72. The van der Waals surface area contributed by atoms with Gasteiger partial charge in [0.05, 0.1) is 0 Å². The van der Waals surface area contributed by atoms with E-state index < -0.39 is 0 Å². The lowest BCUT2D eigenvalue weighted by Gasteiger charge is -2.18. The van der Waals surface area contributed by atoms with Crippen LogP contribution in [0, 0.1) is 0 Å². The van der Waals surface area contributed by atoms with E-state index in [4.69, 9.17) is 0 Å². The minimum Gasteiger partial charge on any atom is -0.314 e. The van der Waals surface area contributed by atoms with Gasteiger partial charge in [0.1, 0.15) is 0 Å². The van der Waals surface area contributed by atoms with Crippen molar-refractivity contribution in [3.63, 3.8) is 0 Å². The second-order valence-corrected chi connectivity index (χ2v) is 5.35. The maximum absolute atomic E-state index is 3.72. The van der Waals surface area contributed by atoms with Crippen LogP contribution < -0.4 is 5.32 Å². The number of rotatable bonds is 13. The Morgan fingerprint density at radius 2 is 1.18 bits per heavy atom. The van der Waals surface area contributed by atoms with Gasteiger partial charge in [-0.3, -0.25) is 0 Å². The highest BCUT2D eigenvalue weighted by Crippen LogP contribution is 2.12. The van der Waals surface area contributed by atoms with Gasteiger partial charge in [0.15, 0.2) is 0 Å². The summed E-state index contributed by atoms with van der Waals surface area (Å²) < 4.78 is 0. The van der Waals surface area contributed by atoms with Crippen LogP contribution in [0.4, 0.5) is 0 Å². The topological polar surface area (TPSA) is 12.0 Å². The predicted octanol–water partition coefficient (Wildman–Crippen LogP) is 5.30. The van der Waals surface area contributed by atoms with Gasteiger partial charge < -0.3 is 5.32 Å². The van der Waals surface area contributed by atoms with E-state index in [1.807, 2.05) is 0 Å². The van der Waals surface area contributed by atoms with Crippen LogP contribution in [0.2, 0.25) is 0 Å². The molecule has 0 heterocycles. The zero-order valence-corrected chi connectivity index (χ0v) is 12.6. The van der Waals surface area contributed by atoms with Crippen molar-refractivity contribution in [1.29, 1.82) is 0 Å². The van der Waals surface area contributed by atoms with Crippen molar-refractivity contribution in [2.75, 3.05) is 6.54 Å². The Labute approximate surface area is 110 Å². The van der Waals surface area contributed by atoms with Gasteiger partial charge in [-0.2, -0.15) is 0 Å². The van der Waals surface area contributed by atoms with E-state index >= 15 is 0 Å². The van der Waals surface area contributed by atoms with E-state index in [-0.39, 0.29) is 0 Å². The van der Waals surface area contributed by atoms with Crippen LogP contribution in [0.1, 0.15) is 91.4 Å². The van der Waals surface area contributed by atoms with Crippen molar-refractivity contribution in [1.82, 2.24) is 5.32 Å². The van der Waals surface area contributed by atoms with Gasteiger partial charge in [0.2, 0.25) is 0 Å². The minimum absolute atomic E-state index is 0.795. The molecule has 0 bridgehead atoms. The zero-order chi connectivity index (χ0) is 12.8. The summed E-state index contributed by atoms with van der Waals surface area (Å²) in [5.41, 5.74) is 0. The Bertz CT molecular complexity index is 133. The average molecular weight is 241 g/mol. The molecule has 1 nitrogen and oxygen atoms in total. The molecule has 1 atom stereocenters. The second-order valence-electron chi connectivity index (χ2n) is 5.35. The lowest BCUT2D eigenvalue weighted by atomic mass is 10.0. The molecule has 0 amide bonds. The number of hydrogen-bond acceptors (Lipinski definition) is 1. The van der Waals surface area contributed by atoms with Crippen LogP contribution in [0.25, 0.3) is 0 Å². The first kappa shape index (κ1) is 17.0. The predicted molar refractivity (Wildman–Crippen MR) is 79.6 cm³/mol. The highest BCUT2D eigenvalue weighted by Gasteiger charge is 2.06. The largest absolute Gasteiger partial charge is 0.314 e. The molecule has 0 aromatic carbocycles. The smallest absolute Gasteiger partial charge is 0.00670 e. The van der Waals surface area contributed by atoms with Crippen molar-refractivity contribution >= 4 is 0 Å². The molecular formula is C16H35N. The minimum atomic E-state index is 0.795. The van der Waals surface area contributed by atoms with Gasteiger partial charge >= 0.3 is 0 Å². The highest BCUT2D eigenvalue weighted by molar-refractivity contribution is 4.66. The van der Waals surface area contributed by atoms with Gasteiger partial charge in [0, 0.05) is 6.04 Å². The molecule has 0 aliphatic carbocycles. The molecule has 0 aliphatic heterocycles. The van der Waals surface area contributed by atoms with E-state index in [1.165, 1.54) is 77.2 Å². The quantitative estimate of drug-likeness (QED) is 0.432. The molecule has 0 saturated heterocycles. The normalized spacial score (nSPS) is 12.9. The van der Waals surface area contributed by atoms with Gasteiger partial charge in [-0.25, -0.2) is 0 Å². The van der Waals surface area contributed by atoms with Gasteiger partial charge in [-0.15, -0.1) is 0 Å². The summed E-state index contributed by atoms with van der Waals surface area (Å²) in [6.45, 7) is 8.04. The third kappa shape index (κ3) is 12.2. The standard InChI is InChI=1S/C16H35N/c1-4-7-9-10-12-14-16(17-15-6-3)13-11-8-5-2/h16-17H,4-15H2,1-3H3. The molecule has 0 radical (unpaired) electrons. The highest BCUT2D eigenvalue weighted by atomic mass is 14.9. The number of hydrogen-bond donors (Lipinski definition) is 1. The summed E-state index contributed by atoms with van der Waals surface area (Å²) >= 11 is 0. The lowest BCUT2D eigenvalue weighted by Crippen LogP contribution is -2.29. The summed E-state index contributed by atoms with van der Waals surface area (Å²) in [6, 6.07) is 0.795. The Kier molecular flexibility index (Phi) is 14.0. The third-order valence-corrected chi connectivity index (χ3v) is 3.50. The molecule has 104 valence electrons. The first-order valence-corrected chi connectivity index (χ1v) is 8.08. The molecule has 17 heavy (non-hydrogen) atoms. The van der Waals surface area contributed by atoms with E-state index in [2.05, 4.69) is 26.1 Å². The summed E-state index contributed by atoms with van der Waals surface area (Å²) in [5.74, 6) is 0. The van der Waals surface area contributed by atoms with E-state index in [9.17, 15) is 0 Å². The van der Waals surface area contributed by atoms with Crippen molar-refractivity contribution in [3.05, 3.63) is 0 Å². The molecule has 0 aromatic heterocycles. The molecule has 1 unspecified atom stereocenters. The van der Waals surface area contributed by atoms with E-state index in [0.29, 0.717) is 0 Å². The Morgan fingerprint density at radius 1 is 0.647 bits per heavy atom. The molecule has 0 rings (SSSR count). The first-order chi connectivity index (χ1) is 8.35. The molecule has 0 spiro atoms. The van der Waals surface area contributed by atoms with Gasteiger partial charge in [0.25, 0.3) is 0 Å². The SMILES string of the molecule is CCCCCCCC(CCCCC)NCCC. The monoisotopic (exact) mass is 241 g/mol. The van der Waals surface area contributed by atoms with Crippen molar-refractivity contribution in [2.24, 2.45) is 0 Å². The number of nitrogens with one attached hydrogen (secondary N) is 1. The van der Waals surface area contributed by atoms with E-state index in [1.54, 1.807) is 0 Å². The Morgan fingerprint density at radius 3 is 1.76 bits per heavy atom. The Hall–Kier alpha value is -0.0400. The van der Waals surface area contributed by atoms with Crippen LogP contribution in [0.15, 0.2) is 0 Å². The molecular weight excluding hydrogens is 206 g/mol. The maximum Gasteiger partial charge on any atom is 0.00670 e. The van der Waals surface area contributed by atoms with Crippen LogP contribution >= 0.6 is 0 Å². The van der Waals surface area contributed by atoms with E-state index in [0.717, 1.165) is 6.04 Å². The maximum atomic E-state index is 3.72.